The number of anilines is 1. The van der Waals surface area contributed by atoms with Gasteiger partial charge in [-0.15, -0.1) is 0 Å². The number of hydrogen-bond acceptors (Lipinski definition) is 5. The zero-order valence-corrected chi connectivity index (χ0v) is 14.1. The molecule has 2 aliphatic rings. The SMILES string of the molecule is CN1CCN(NC(=O)C(=O)N2CCN(c3ccccc3)CC2)CC1. The van der Waals surface area contributed by atoms with Crippen LogP contribution in [0.25, 0.3) is 0 Å². The molecule has 0 atom stereocenters. The first-order chi connectivity index (χ1) is 11.6. The molecule has 2 heterocycles. The fourth-order valence-corrected chi connectivity index (χ4v) is 3.06. The molecule has 2 amide bonds. The van der Waals surface area contributed by atoms with Crippen LogP contribution in [0.15, 0.2) is 30.3 Å². The molecule has 0 unspecified atom stereocenters. The Kier molecular flexibility index (Phi) is 5.32. The number of carbonyl (C=O) groups excluding carboxylic acids is 2. The normalized spacial score (nSPS) is 20.0. The molecule has 1 aromatic rings. The Labute approximate surface area is 142 Å². The molecular formula is C17H25N5O2. The van der Waals surface area contributed by atoms with Crippen molar-refractivity contribution >= 4 is 17.5 Å². The number of rotatable bonds is 2. The summed E-state index contributed by atoms with van der Waals surface area (Å²) in [6.45, 7) is 5.92. The quantitative estimate of drug-likeness (QED) is 0.749. The van der Waals surface area contributed by atoms with Crippen molar-refractivity contribution in [3.05, 3.63) is 30.3 Å². The van der Waals surface area contributed by atoms with E-state index >= 15 is 0 Å². The Hall–Kier alpha value is -2.12. The molecule has 2 saturated heterocycles. The van der Waals surface area contributed by atoms with Gasteiger partial charge in [-0.3, -0.25) is 15.0 Å². The summed E-state index contributed by atoms with van der Waals surface area (Å²) in [6, 6.07) is 10.1. The summed E-state index contributed by atoms with van der Waals surface area (Å²) >= 11 is 0. The number of hydrazine groups is 1. The minimum absolute atomic E-state index is 0.429. The first-order valence-corrected chi connectivity index (χ1v) is 8.47. The molecule has 1 N–H and O–H groups in total. The van der Waals surface area contributed by atoms with E-state index < -0.39 is 11.8 Å². The summed E-state index contributed by atoms with van der Waals surface area (Å²) < 4.78 is 0. The van der Waals surface area contributed by atoms with Gasteiger partial charge in [-0.05, 0) is 19.2 Å². The fraction of sp³-hybridized carbons (Fsp3) is 0.529. The Bertz CT molecular complexity index is 564. The minimum Gasteiger partial charge on any atom is -0.368 e. The maximum atomic E-state index is 12.3. The number of para-hydroxylation sites is 1. The van der Waals surface area contributed by atoms with Gasteiger partial charge in [0.25, 0.3) is 0 Å². The lowest BCUT2D eigenvalue weighted by Crippen LogP contribution is -2.58. The van der Waals surface area contributed by atoms with Crippen LogP contribution in [-0.2, 0) is 9.59 Å². The van der Waals surface area contributed by atoms with Gasteiger partial charge in [0.05, 0.1) is 0 Å². The van der Waals surface area contributed by atoms with E-state index in [9.17, 15) is 9.59 Å². The lowest BCUT2D eigenvalue weighted by Gasteiger charge is -2.36. The maximum Gasteiger partial charge on any atom is 0.323 e. The summed E-state index contributed by atoms with van der Waals surface area (Å²) in [7, 11) is 2.05. The van der Waals surface area contributed by atoms with Gasteiger partial charge in [-0.25, -0.2) is 5.01 Å². The molecule has 2 aliphatic heterocycles. The van der Waals surface area contributed by atoms with Gasteiger partial charge in [0.2, 0.25) is 0 Å². The zero-order valence-electron chi connectivity index (χ0n) is 14.1. The third-order valence-electron chi connectivity index (χ3n) is 4.65. The van der Waals surface area contributed by atoms with Gasteiger partial charge in [0.15, 0.2) is 0 Å². The monoisotopic (exact) mass is 331 g/mol. The van der Waals surface area contributed by atoms with Crippen LogP contribution >= 0.6 is 0 Å². The first-order valence-electron chi connectivity index (χ1n) is 8.47. The molecule has 7 nitrogen and oxygen atoms in total. The molecule has 0 spiro atoms. The summed E-state index contributed by atoms with van der Waals surface area (Å²) in [6.07, 6.45) is 0. The van der Waals surface area contributed by atoms with Crippen molar-refractivity contribution < 1.29 is 9.59 Å². The molecule has 24 heavy (non-hydrogen) atoms. The van der Waals surface area contributed by atoms with Crippen LogP contribution in [-0.4, -0.2) is 86.0 Å². The average molecular weight is 331 g/mol. The second-order valence-electron chi connectivity index (χ2n) is 6.35. The van der Waals surface area contributed by atoms with Gasteiger partial charge in [0.1, 0.15) is 0 Å². The summed E-state index contributed by atoms with van der Waals surface area (Å²) in [5, 5.41) is 1.83. The van der Waals surface area contributed by atoms with Crippen molar-refractivity contribution in [2.45, 2.75) is 0 Å². The molecule has 1 aromatic carbocycles. The highest BCUT2D eigenvalue weighted by Gasteiger charge is 2.27. The van der Waals surface area contributed by atoms with Crippen LogP contribution in [0.2, 0.25) is 0 Å². The van der Waals surface area contributed by atoms with Gasteiger partial charge in [-0.2, -0.15) is 0 Å². The van der Waals surface area contributed by atoms with E-state index in [1.807, 2.05) is 23.2 Å². The number of likely N-dealkylation sites (N-methyl/N-ethyl adjacent to an activating group) is 1. The number of carbonyl (C=O) groups is 2. The lowest BCUT2D eigenvalue weighted by atomic mass is 10.2. The van der Waals surface area contributed by atoms with Gasteiger partial charge in [-0.1, -0.05) is 18.2 Å². The minimum atomic E-state index is -0.521. The highest BCUT2D eigenvalue weighted by Crippen LogP contribution is 2.15. The van der Waals surface area contributed by atoms with Crippen molar-refractivity contribution in [3.63, 3.8) is 0 Å². The lowest BCUT2D eigenvalue weighted by molar-refractivity contribution is -0.149. The Morgan fingerprint density at radius 1 is 0.875 bits per heavy atom. The largest absolute Gasteiger partial charge is 0.368 e. The third-order valence-corrected chi connectivity index (χ3v) is 4.65. The van der Waals surface area contributed by atoms with Gasteiger partial charge >= 0.3 is 11.8 Å². The molecule has 7 heteroatoms. The third kappa shape index (κ3) is 4.04. The number of piperazine rings is 2. The van der Waals surface area contributed by atoms with Crippen LogP contribution in [0.4, 0.5) is 5.69 Å². The Balaban J connectivity index is 1.47. The summed E-state index contributed by atoms with van der Waals surface area (Å²) in [4.78, 5) is 30.6. The Morgan fingerprint density at radius 2 is 1.50 bits per heavy atom. The molecular weight excluding hydrogens is 306 g/mol. The van der Waals surface area contributed by atoms with E-state index in [0.717, 1.165) is 45.0 Å². The highest BCUT2D eigenvalue weighted by molar-refractivity contribution is 6.34. The van der Waals surface area contributed by atoms with E-state index in [2.05, 4.69) is 34.4 Å². The van der Waals surface area contributed by atoms with E-state index in [4.69, 9.17) is 0 Å². The van der Waals surface area contributed by atoms with Crippen molar-refractivity contribution in [2.75, 3.05) is 64.3 Å². The van der Waals surface area contributed by atoms with Crippen molar-refractivity contribution in [2.24, 2.45) is 0 Å². The van der Waals surface area contributed by atoms with E-state index in [-0.39, 0.29) is 0 Å². The standard InChI is InChI=1S/C17H25N5O2/c1-19-7-13-22(14-8-19)18-16(23)17(24)21-11-9-20(10-12-21)15-5-3-2-4-6-15/h2-6H,7-14H2,1H3,(H,18,23). The number of nitrogens with zero attached hydrogens (tertiary/aromatic N) is 4. The zero-order chi connectivity index (χ0) is 16.9. The number of amides is 2. The molecule has 0 aromatic heterocycles. The molecule has 2 fully saturated rings. The van der Waals surface area contributed by atoms with Crippen LogP contribution in [0.5, 0.6) is 0 Å². The highest BCUT2D eigenvalue weighted by atomic mass is 16.2. The molecule has 3 rings (SSSR count). The predicted molar refractivity (Wildman–Crippen MR) is 92.4 cm³/mol. The molecule has 0 radical (unpaired) electrons. The molecule has 0 saturated carbocycles. The van der Waals surface area contributed by atoms with Crippen molar-refractivity contribution in [3.8, 4) is 0 Å². The van der Waals surface area contributed by atoms with Crippen LogP contribution in [0.1, 0.15) is 0 Å². The fourth-order valence-electron chi connectivity index (χ4n) is 3.06. The topological polar surface area (TPSA) is 59.1 Å². The smallest absolute Gasteiger partial charge is 0.323 e. The summed E-state index contributed by atoms with van der Waals surface area (Å²) in [5.74, 6) is -0.950. The number of benzene rings is 1. The second kappa shape index (κ2) is 7.63. The number of nitrogens with one attached hydrogen (secondary N) is 1. The van der Waals surface area contributed by atoms with Crippen LogP contribution < -0.4 is 10.3 Å². The van der Waals surface area contributed by atoms with Crippen molar-refractivity contribution in [1.29, 1.82) is 0 Å². The summed E-state index contributed by atoms with van der Waals surface area (Å²) in [5.41, 5.74) is 3.90. The molecule has 0 aliphatic carbocycles. The van der Waals surface area contributed by atoms with E-state index in [0.29, 0.717) is 13.1 Å². The maximum absolute atomic E-state index is 12.3. The van der Waals surface area contributed by atoms with Crippen LogP contribution in [0, 0.1) is 0 Å². The number of hydrogen-bond donors (Lipinski definition) is 1. The van der Waals surface area contributed by atoms with Gasteiger partial charge in [0, 0.05) is 58.0 Å². The van der Waals surface area contributed by atoms with E-state index in [1.165, 1.54) is 0 Å². The Morgan fingerprint density at radius 3 is 2.12 bits per heavy atom. The average Bonchev–Trinajstić information content (AvgIpc) is 2.64. The van der Waals surface area contributed by atoms with Crippen molar-refractivity contribution in [1.82, 2.24) is 20.2 Å². The van der Waals surface area contributed by atoms with Gasteiger partial charge < -0.3 is 14.7 Å². The second-order valence-corrected chi connectivity index (χ2v) is 6.35. The van der Waals surface area contributed by atoms with Crippen LogP contribution in [0.3, 0.4) is 0 Å². The molecule has 0 bridgehead atoms. The van der Waals surface area contributed by atoms with E-state index in [1.54, 1.807) is 4.90 Å². The molecule has 130 valence electrons. The first kappa shape index (κ1) is 16.7. The predicted octanol–water partition coefficient (Wildman–Crippen LogP) is -0.386.